The Morgan fingerprint density at radius 3 is 2.24 bits per heavy atom. The molecule has 0 spiro atoms. The summed E-state index contributed by atoms with van der Waals surface area (Å²) in [7, 11) is 0. The van der Waals surface area contributed by atoms with Gasteiger partial charge < -0.3 is 15.2 Å². The van der Waals surface area contributed by atoms with Gasteiger partial charge in [0, 0.05) is 5.56 Å². The Bertz CT molecular complexity index is 734. The van der Waals surface area contributed by atoms with E-state index in [0.717, 1.165) is 24.2 Å². The van der Waals surface area contributed by atoms with Crippen molar-refractivity contribution >= 4 is 11.9 Å². The van der Waals surface area contributed by atoms with Crippen molar-refractivity contribution in [3.05, 3.63) is 65.7 Å². The van der Waals surface area contributed by atoms with E-state index in [1.165, 1.54) is 0 Å². The Kier molecular flexibility index (Phi) is 5.03. The number of para-hydroxylation sites is 1. The number of carbonyl (C=O) groups excluding carboxylic acids is 1. The number of ether oxygens (including phenoxy) is 1. The number of benzene rings is 2. The molecule has 1 saturated carbocycles. The molecule has 1 aliphatic rings. The monoisotopic (exact) mass is 339 g/mol. The van der Waals surface area contributed by atoms with Crippen LogP contribution in [0.4, 0.5) is 0 Å². The maximum atomic E-state index is 12.4. The smallest absolute Gasteiger partial charge is 0.329 e. The average Bonchev–Trinajstić information content (AvgIpc) is 3.11. The highest BCUT2D eigenvalue weighted by Gasteiger charge is 2.42. The van der Waals surface area contributed by atoms with Crippen LogP contribution in [0.5, 0.6) is 5.75 Å². The van der Waals surface area contributed by atoms with E-state index in [2.05, 4.69) is 5.32 Å². The average molecular weight is 339 g/mol. The maximum Gasteiger partial charge on any atom is 0.329 e. The summed E-state index contributed by atoms with van der Waals surface area (Å²) >= 11 is 0. The predicted octanol–water partition coefficient (Wildman–Crippen LogP) is 3.39. The number of hydrogen-bond acceptors (Lipinski definition) is 3. The van der Waals surface area contributed by atoms with Gasteiger partial charge in [-0.1, -0.05) is 43.2 Å². The van der Waals surface area contributed by atoms with E-state index in [0.29, 0.717) is 25.0 Å². The van der Waals surface area contributed by atoms with E-state index in [-0.39, 0.29) is 5.91 Å². The Morgan fingerprint density at radius 1 is 1.00 bits per heavy atom. The van der Waals surface area contributed by atoms with Gasteiger partial charge >= 0.3 is 5.97 Å². The molecular weight excluding hydrogens is 318 g/mol. The molecule has 25 heavy (non-hydrogen) atoms. The molecule has 0 aliphatic heterocycles. The molecule has 0 unspecified atom stereocenters. The minimum atomic E-state index is -1.12. The van der Waals surface area contributed by atoms with Crippen molar-refractivity contribution < 1.29 is 19.4 Å². The molecule has 0 radical (unpaired) electrons. The van der Waals surface area contributed by atoms with Crippen LogP contribution >= 0.6 is 0 Å². The summed E-state index contributed by atoms with van der Waals surface area (Å²) < 4.78 is 5.67. The summed E-state index contributed by atoms with van der Waals surface area (Å²) in [6.07, 6.45) is 2.61. The number of carbonyl (C=O) groups is 2. The second-order valence-corrected chi connectivity index (χ2v) is 6.35. The van der Waals surface area contributed by atoms with E-state index in [4.69, 9.17) is 4.74 Å². The molecule has 130 valence electrons. The molecule has 1 amide bonds. The van der Waals surface area contributed by atoms with Gasteiger partial charge in [0.2, 0.25) is 0 Å². The molecule has 2 aromatic carbocycles. The standard InChI is InChI=1S/C20H21NO4/c22-18(21-20(19(23)24)12-4-5-13-20)16-10-8-15(9-11-16)14-25-17-6-2-1-3-7-17/h1-3,6-11H,4-5,12-14H2,(H,21,22)(H,23,24). The lowest BCUT2D eigenvalue weighted by Gasteiger charge is -2.25. The van der Waals surface area contributed by atoms with E-state index >= 15 is 0 Å². The van der Waals surface area contributed by atoms with Gasteiger partial charge in [0.15, 0.2) is 0 Å². The largest absolute Gasteiger partial charge is 0.489 e. The number of carboxylic acids is 1. The Morgan fingerprint density at radius 2 is 1.64 bits per heavy atom. The molecule has 0 saturated heterocycles. The first-order chi connectivity index (χ1) is 12.1. The van der Waals surface area contributed by atoms with Crippen molar-refractivity contribution in [2.45, 2.75) is 37.8 Å². The molecule has 1 aliphatic carbocycles. The third-order valence-corrected chi connectivity index (χ3v) is 4.58. The lowest BCUT2D eigenvalue weighted by molar-refractivity contribution is -0.144. The van der Waals surface area contributed by atoms with Crippen molar-refractivity contribution in [2.75, 3.05) is 0 Å². The molecule has 2 N–H and O–H groups in total. The zero-order valence-electron chi connectivity index (χ0n) is 13.9. The molecule has 0 aromatic heterocycles. The second-order valence-electron chi connectivity index (χ2n) is 6.35. The summed E-state index contributed by atoms with van der Waals surface area (Å²) in [6.45, 7) is 0.408. The van der Waals surface area contributed by atoms with Crippen LogP contribution in [-0.2, 0) is 11.4 Å². The van der Waals surface area contributed by atoms with Crippen LogP contribution in [0.25, 0.3) is 0 Å². The molecule has 0 atom stereocenters. The minimum Gasteiger partial charge on any atom is -0.489 e. The highest BCUT2D eigenvalue weighted by atomic mass is 16.5. The van der Waals surface area contributed by atoms with E-state index in [1.54, 1.807) is 12.1 Å². The molecule has 1 fully saturated rings. The number of rotatable bonds is 6. The van der Waals surface area contributed by atoms with Crippen molar-refractivity contribution in [1.82, 2.24) is 5.32 Å². The van der Waals surface area contributed by atoms with Crippen LogP contribution in [0, 0.1) is 0 Å². The van der Waals surface area contributed by atoms with Crippen LogP contribution in [0.15, 0.2) is 54.6 Å². The second kappa shape index (κ2) is 7.38. The lowest BCUT2D eigenvalue weighted by Crippen LogP contribution is -2.52. The fourth-order valence-corrected chi connectivity index (χ4v) is 3.10. The van der Waals surface area contributed by atoms with E-state index in [1.807, 2.05) is 42.5 Å². The van der Waals surface area contributed by atoms with Gasteiger partial charge in [0.05, 0.1) is 0 Å². The fraction of sp³-hybridized carbons (Fsp3) is 0.300. The molecule has 3 rings (SSSR count). The maximum absolute atomic E-state index is 12.4. The molecule has 0 bridgehead atoms. The van der Waals surface area contributed by atoms with Gasteiger partial charge in [-0.3, -0.25) is 4.79 Å². The summed E-state index contributed by atoms with van der Waals surface area (Å²) in [6, 6.07) is 16.5. The van der Waals surface area contributed by atoms with Crippen LogP contribution in [0.1, 0.15) is 41.6 Å². The van der Waals surface area contributed by atoms with E-state index in [9.17, 15) is 14.7 Å². The summed E-state index contributed by atoms with van der Waals surface area (Å²) in [5.74, 6) is -0.514. The first kappa shape index (κ1) is 17.0. The zero-order chi connectivity index (χ0) is 17.7. The summed E-state index contributed by atoms with van der Waals surface area (Å²) in [4.78, 5) is 23.9. The fourth-order valence-electron chi connectivity index (χ4n) is 3.10. The van der Waals surface area contributed by atoms with E-state index < -0.39 is 11.5 Å². The van der Waals surface area contributed by atoms with Crippen molar-refractivity contribution in [3.63, 3.8) is 0 Å². The van der Waals surface area contributed by atoms with Crippen LogP contribution in [0.2, 0.25) is 0 Å². The highest BCUT2D eigenvalue weighted by Crippen LogP contribution is 2.30. The SMILES string of the molecule is O=C(NC1(C(=O)O)CCCC1)c1ccc(COc2ccccc2)cc1. The quantitative estimate of drug-likeness (QED) is 0.846. The Hall–Kier alpha value is -2.82. The first-order valence-corrected chi connectivity index (χ1v) is 8.42. The third kappa shape index (κ3) is 3.99. The Labute approximate surface area is 146 Å². The molecule has 0 heterocycles. The van der Waals surface area contributed by atoms with Crippen molar-refractivity contribution in [1.29, 1.82) is 0 Å². The molecule has 2 aromatic rings. The number of amides is 1. The number of carboxylic acid groups (broad SMARTS) is 1. The lowest BCUT2D eigenvalue weighted by atomic mass is 9.97. The number of aliphatic carboxylic acids is 1. The first-order valence-electron chi connectivity index (χ1n) is 8.42. The van der Waals surface area contributed by atoms with Gasteiger partial charge in [-0.05, 0) is 42.7 Å². The number of hydrogen-bond donors (Lipinski definition) is 2. The zero-order valence-corrected chi connectivity index (χ0v) is 13.9. The van der Waals surface area contributed by atoms with Crippen LogP contribution in [-0.4, -0.2) is 22.5 Å². The topological polar surface area (TPSA) is 75.6 Å². The predicted molar refractivity (Wildman–Crippen MR) is 93.5 cm³/mol. The van der Waals surface area contributed by atoms with Crippen LogP contribution < -0.4 is 10.1 Å². The third-order valence-electron chi connectivity index (χ3n) is 4.58. The highest BCUT2D eigenvalue weighted by molar-refractivity contribution is 5.98. The van der Waals surface area contributed by atoms with Crippen molar-refractivity contribution in [3.8, 4) is 5.75 Å². The minimum absolute atomic E-state index is 0.347. The van der Waals surface area contributed by atoms with Gasteiger partial charge in [-0.15, -0.1) is 0 Å². The molecule has 5 nitrogen and oxygen atoms in total. The van der Waals surface area contributed by atoms with Crippen molar-refractivity contribution in [2.24, 2.45) is 0 Å². The summed E-state index contributed by atoms with van der Waals surface area (Å²) in [5.41, 5.74) is 0.275. The molecule has 5 heteroatoms. The van der Waals surface area contributed by atoms with Gasteiger partial charge in [0.1, 0.15) is 17.9 Å². The molecular formula is C20H21NO4. The Balaban J connectivity index is 1.61. The van der Waals surface area contributed by atoms with Gasteiger partial charge in [0.25, 0.3) is 5.91 Å². The summed E-state index contributed by atoms with van der Waals surface area (Å²) in [5, 5.41) is 12.2. The van der Waals surface area contributed by atoms with Crippen LogP contribution in [0.3, 0.4) is 0 Å². The normalized spacial score (nSPS) is 15.5. The van der Waals surface area contributed by atoms with Gasteiger partial charge in [-0.25, -0.2) is 4.79 Å². The number of nitrogens with one attached hydrogen (secondary N) is 1. The van der Waals surface area contributed by atoms with Gasteiger partial charge in [-0.2, -0.15) is 0 Å².